The second kappa shape index (κ2) is 7.85. The molecule has 2 rings (SSSR count). The van der Waals surface area contributed by atoms with E-state index >= 15 is 0 Å². The van der Waals surface area contributed by atoms with E-state index in [4.69, 9.17) is 4.74 Å². The van der Waals surface area contributed by atoms with Crippen molar-refractivity contribution in [1.29, 1.82) is 0 Å². The molecule has 0 aliphatic rings. The monoisotopic (exact) mass is 401 g/mol. The van der Waals surface area contributed by atoms with Crippen molar-refractivity contribution in [2.45, 2.75) is 11.8 Å². The summed E-state index contributed by atoms with van der Waals surface area (Å²) in [5.41, 5.74) is -4.89. The fourth-order valence-corrected chi connectivity index (χ4v) is 2.39. The molecular formula is C18H15F4NO5. The highest BCUT2D eigenvalue weighted by molar-refractivity contribution is 6.05. The van der Waals surface area contributed by atoms with Crippen LogP contribution in [0.3, 0.4) is 0 Å². The second-order valence-corrected chi connectivity index (χ2v) is 5.58. The van der Waals surface area contributed by atoms with Gasteiger partial charge in [0.2, 0.25) is 0 Å². The average Bonchev–Trinajstić information content (AvgIpc) is 2.65. The van der Waals surface area contributed by atoms with Gasteiger partial charge in [-0.1, -0.05) is 12.1 Å². The first kappa shape index (κ1) is 21.2. The molecule has 6 nitrogen and oxygen atoms in total. The van der Waals surface area contributed by atoms with Crippen molar-refractivity contribution in [2.75, 3.05) is 19.5 Å². The van der Waals surface area contributed by atoms with Crippen molar-refractivity contribution in [2.24, 2.45) is 0 Å². The summed E-state index contributed by atoms with van der Waals surface area (Å²) in [5, 5.41) is 12.4. The van der Waals surface area contributed by atoms with Gasteiger partial charge in [0.1, 0.15) is 11.6 Å². The van der Waals surface area contributed by atoms with E-state index in [0.29, 0.717) is 7.11 Å². The van der Waals surface area contributed by atoms with Crippen LogP contribution in [0.2, 0.25) is 0 Å². The Morgan fingerprint density at radius 2 is 1.75 bits per heavy atom. The van der Waals surface area contributed by atoms with Crippen LogP contribution in [0.25, 0.3) is 0 Å². The molecule has 2 aromatic carbocycles. The SMILES string of the molecule is COC(=O)C(O)(c1ccc(NC(=O)c2cccc(F)c2)c(OC)c1)C(F)(F)F. The Morgan fingerprint density at radius 1 is 1.07 bits per heavy atom. The first-order chi connectivity index (χ1) is 13.0. The van der Waals surface area contributed by atoms with Crippen molar-refractivity contribution < 1.29 is 41.7 Å². The molecule has 1 amide bonds. The van der Waals surface area contributed by atoms with Crippen molar-refractivity contribution in [3.63, 3.8) is 0 Å². The highest BCUT2D eigenvalue weighted by atomic mass is 19.4. The van der Waals surface area contributed by atoms with Gasteiger partial charge in [-0.2, -0.15) is 13.2 Å². The summed E-state index contributed by atoms with van der Waals surface area (Å²) < 4.78 is 62.3. The first-order valence-corrected chi connectivity index (χ1v) is 7.67. The number of alkyl halides is 3. The number of nitrogens with one attached hydrogen (secondary N) is 1. The van der Waals surface area contributed by atoms with E-state index in [-0.39, 0.29) is 17.0 Å². The van der Waals surface area contributed by atoms with Crippen LogP contribution < -0.4 is 10.1 Å². The van der Waals surface area contributed by atoms with Gasteiger partial charge in [-0.05, 0) is 30.3 Å². The van der Waals surface area contributed by atoms with Crippen molar-refractivity contribution in [1.82, 2.24) is 0 Å². The lowest BCUT2D eigenvalue weighted by Crippen LogP contribution is -2.49. The molecule has 0 aromatic heterocycles. The zero-order valence-electron chi connectivity index (χ0n) is 14.6. The number of hydrogen-bond acceptors (Lipinski definition) is 5. The molecule has 0 saturated heterocycles. The number of anilines is 1. The number of aliphatic hydroxyl groups is 1. The maximum atomic E-state index is 13.3. The second-order valence-electron chi connectivity index (χ2n) is 5.58. The summed E-state index contributed by atoms with van der Waals surface area (Å²) in [5.74, 6) is -3.60. The van der Waals surface area contributed by atoms with Gasteiger partial charge in [-0.15, -0.1) is 0 Å². The predicted molar refractivity (Wildman–Crippen MR) is 89.3 cm³/mol. The molecule has 1 unspecified atom stereocenters. The van der Waals surface area contributed by atoms with E-state index < -0.39 is 35.0 Å². The van der Waals surface area contributed by atoms with Crippen molar-refractivity contribution in [3.8, 4) is 5.75 Å². The molecule has 0 spiro atoms. The molecule has 0 saturated carbocycles. The van der Waals surface area contributed by atoms with Crippen LogP contribution in [0.15, 0.2) is 42.5 Å². The van der Waals surface area contributed by atoms with Crippen molar-refractivity contribution >= 4 is 17.6 Å². The number of carbonyl (C=O) groups is 2. The molecular weight excluding hydrogens is 386 g/mol. The Kier molecular flexibility index (Phi) is 5.93. The third kappa shape index (κ3) is 3.91. The summed E-state index contributed by atoms with van der Waals surface area (Å²) in [7, 11) is 1.81. The average molecular weight is 401 g/mol. The molecule has 0 heterocycles. The number of carbonyl (C=O) groups excluding carboxylic acids is 2. The van der Waals surface area contributed by atoms with Gasteiger partial charge in [0, 0.05) is 11.1 Å². The number of esters is 1. The van der Waals surface area contributed by atoms with E-state index in [1.165, 1.54) is 12.1 Å². The molecule has 10 heteroatoms. The van der Waals surface area contributed by atoms with Crippen LogP contribution in [-0.4, -0.2) is 37.4 Å². The number of methoxy groups -OCH3 is 2. The number of rotatable bonds is 5. The quantitative estimate of drug-likeness (QED) is 0.594. The van der Waals surface area contributed by atoms with E-state index in [9.17, 15) is 32.3 Å². The molecule has 0 aliphatic carbocycles. The summed E-state index contributed by atoms with van der Waals surface area (Å²) in [4.78, 5) is 23.8. The van der Waals surface area contributed by atoms with Crippen LogP contribution >= 0.6 is 0 Å². The lowest BCUT2D eigenvalue weighted by Gasteiger charge is -2.28. The van der Waals surface area contributed by atoms with E-state index in [1.807, 2.05) is 0 Å². The van der Waals surface area contributed by atoms with Gasteiger partial charge in [-0.3, -0.25) is 4.79 Å². The van der Waals surface area contributed by atoms with Gasteiger partial charge in [-0.25, -0.2) is 9.18 Å². The van der Waals surface area contributed by atoms with Crippen LogP contribution in [0.4, 0.5) is 23.2 Å². The van der Waals surface area contributed by atoms with Crippen LogP contribution in [0.1, 0.15) is 15.9 Å². The molecule has 0 fully saturated rings. The zero-order chi connectivity index (χ0) is 21.1. The standard InChI is InChI=1S/C18H15F4NO5/c1-27-14-9-11(17(26,16(25)28-2)18(20,21)22)6-7-13(14)23-15(24)10-4-3-5-12(19)8-10/h3-9,26H,1-2H3,(H,23,24). The number of hydrogen-bond donors (Lipinski definition) is 2. The molecule has 0 aliphatic heterocycles. The maximum Gasteiger partial charge on any atom is 0.432 e. The number of ether oxygens (including phenoxy) is 2. The van der Waals surface area contributed by atoms with Crippen LogP contribution in [-0.2, 0) is 15.1 Å². The fraction of sp³-hybridized carbons (Fsp3) is 0.222. The summed E-state index contributed by atoms with van der Waals surface area (Å²) >= 11 is 0. The Morgan fingerprint density at radius 3 is 2.29 bits per heavy atom. The van der Waals surface area contributed by atoms with Crippen molar-refractivity contribution in [3.05, 3.63) is 59.4 Å². The summed E-state index contributed by atoms with van der Waals surface area (Å²) in [6.45, 7) is 0. The van der Waals surface area contributed by atoms with Gasteiger partial charge < -0.3 is 19.9 Å². The minimum Gasteiger partial charge on any atom is -0.495 e. The third-order valence-corrected chi connectivity index (χ3v) is 3.85. The third-order valence-electron chi connectivity index (χ3n) is 3.85. The lowest BCUT2D eigenvalue weighted by atomic mass is 9.92. The number of amides is 1. The Bertz CT molecular complexity index is 900. The largest absolute Gasteiger partial charge is 0.495 e. The maximum absolute atomic E-state index is 13.3. The van der Waals surface area contributed by atoms with E-state index in [0.717, 1.165) is 37.4 Å². The number of halogens is 4. The summed E-state index contributed by atoms with van der Waals surface area (Å²) in [6.07, 6.45) is -5.38. The molecule has 1 atom stereocenters. The Labute approximate surface area is 156 Å². The predicted octanol–water partition coefficient (Wildman–Crippen LogP) is 3.01. The first-order valence-electron chi connectivity index (χ1n) is 7.67. The topological polar surface area (TPSA) is 84.9 Å². The smallest absolute Gasteiger partial charge is 0.432 e. The zero-order valence-corrected chi connectivity index (χ0v) is 14.6. The molecule has 0 bridgehead atoms. The lowest BCUT2D eigenvalue weighted by molar-refractivity contribution is -0.266. The van der Waals surface area contributed by atoms with Crippen LogP contribution in [0, 0.1) is 5.82 Å². The Balaban J connectivity index is 2.43. The Hall–Kier alpha value is -3.14. The molecule has 2 N–H and O–H groups in total. The minimum atomic E-state index is -5.38. The van der Waals surface area contributed by atoms with Gasteiger partial charge in [0.15, 0.2) is 0 Å². The van der Waals surface area contributed by atoms with Gasteiger partial charge >= 0.3 is 12.1 Å². The van der Waals surface area contributed by atoms with E-state index in [1.54, 1.807) is 0 Å². The van der Waals surface area contributed by atoms with Crippen LogP contribution in [0.5, 0.6) is 5.75 Å². The fourth-order valence-electron chi connectivity index (χ4n) is 2.39. The highest BCUT2D eigenvalue weighted by Gasteiger charge is 2.62. The molecule has 150 valence electrons. The highest BCUT2D eigenvalue weighted by Crippen LogP contribution is 2.42. The van der Waals surface area contributed by atoms with Gasteiger partial charge in [0.05, 0.1) is 19.9 Å². The summed E-state index contributed by atoms with van der Waals surface area (Å²) in [6, 6.07) is 7.28. The minimum absolute atomic E-state index is 0.0347. The molecule has 2 aromatic rings. The molecule has 0 radical (unpaired) electrons. The number of benzene rings is 2. The van der Waals surface area contributed by atoms with E-state index in [2.05, 4.69) is 10.1 Å². The van der Waals surface area contributed by atoms with Gasteiger partial charge in [0.25, 0.3) is 11.5 Å². The molecule has 28 heavy (non-hydrogen) atoms. The normalized spacial score (nSPS) is 13.4.